The van der Waals surface area contributed by atoms with Crippen molar-refractivity contribution in [2.75, 3.05) is 19.7 Å². The summed E-state index contributed by atoms with van der Waals surface area (Å²) in [5.41, 5.74) is 1.08. The number of para-hydroxylation sites is 2. The Kier molecular flexibility index (Phi) is 5.66. The molecule has 1 fully saturated rings. The van der Waals surface area contributed by atoms with Crippen LogP contribution in [0.25, 0.3) is 5.69 Å². The van der Waals surface area contributed by atoms with Gasteiger partial charge in [-0.2, -0.15) is 0 Å². The van der Waals surface area contributed by atoms with Crippen molar-refractivity contribution in [1.82, 2.24) is 19.7 Å². The minimum absolute atomic E-state index is 0.0507. The highest BCUT2D eigenvalue weighted by molar-refractivity contribution is 5.77. The minimum atomic E-state index is 0.0507. The first-order chi connectivity index (χ1) is 13.8. The normalized spacial score (nSPS) is 14.8. The van der Waals surface area contributed by atoms with E-state index in [9.17, 15) is 4.79 Å². The van der Waals surface area contributed by atoms with Crippen LogP contribution in [0, 0.1) is 5.92 Å². The van der Waals surface area contributed by atoms with Crippen molar-refractivity contribution in [2.45, 2.75) is 19.3 Å². The number of hydrogen-bond acceptors (Lipinski definition) is 4. The number of rotatable bonds is 6. The van der Waals surface area contributed by atoms with E-state index >= 15 is 0 Å². The predicted octanol–water partition coefficient (Wildman–Crippen LogP) is 3.13. The van der Waals surface area contributed by atoms with Gasteiger partial charge in [0.1, 0.15) is 17.9 Å². The average molecular weight is 376 g/mol. The molecule has 1 amide bonds. The number of likely N-dealkylation sites (tertiary alicyclic amines) is 1. The van der Waals surface area contributed by atoms with E-state index in [1.807, 2.05) is 58.0 Å². The molecule has 144 valence electrons. The average Bonchev–Trinajstić information content (AvgIpc) is 3.22. The first-order valence-corrected chi connectivity index (χ1v) is 9.69. The second kappa shape index (κ2) is 8.69. The molecule has 0 N–H and O–H groups in total. The molecule has 1 aliphatic heterocycles. The van der Waals surface area contributed by atoms with Gasteiger partial charge in [0.2, 0.25) is 0 Å². The third kappa shape index (κ3) is 4.39. The molecule has 3 aromatic rings. The molecule has 4 rings (SSSR count). The van der Waals surface area contributed by atoms with Gasteiger partial charge in [-0.1, -0.05) is 36.4 Å². The molecule has 28 heavy (non-hydrogen) atoms. The van der Waals surface area contributed by atoms with E-state index < -0.39 is 0 Å². The summed E-state index contributed by atoms with van der Waals surface area (Å²) in [5, 5.41) is 8.41. The summed E-state index contributed by atoms with van der Waals surface area (Å²) >= 11 is 0. The van der Waals surface area contributed by atoms with E-state index in [4.69, 9.17) is 4.74 Å². The monoisotopic (exact) mass is 376 g/mol. The van der Waals surface area contributed by atoms with Crippen LogP contribution in [0.15, 0.2) is 67.0 Å². The molecular formula is C22H24N4O2. The van der Waals surface area contributed by atoms with E-state index in [0.29, 0.717) is 5.92 Å². The molecule has 0 atom stereocenters. The molecule has 1 aliphatic rings. The van der Waals surface area contributed by atoms with Crippen molar-refractivity contribution >= 4 is 5.91 Å². The Morgan fingerprint density at radius 1 is 1.00 bits per heavy atom. The summed E-state index contributed by atoms with van der Waals surface area (Å²) in [7, 11) is 0. The summed E-state index contributed by atoms with van der Waals surface area (Å²) in [6.45, 7) is 1.62. The van der Waals surface area contributed by atoms with Crippen molar-refractivity contribution in [3.05, 3.63) is 72.8 Å². The first kappa shape index (κ1) is 18.2. The van der Waals surface area contributed by atoms with Crippen LogP contribution in [0.4, 0.5) is 0 Å². The van der Waals surface area contributed by atoms with Crippen LogP contribution in [0.3, 0.4) is 0 Å². The Morgan fingerprint density at radius 3 is 2.39 bits per heavy atom. The Morgan fingerprint density at radius 2 is 1.68 bits per heavy atom. The highest BCUT2D eigenvalue weighted by atomic mass is 16.5. The minimum Gasteiger partial charge on any atom is -0.484 e. The van der Waals surface area contributed by atoms with Crippen LogP contribution >= 0.6 is 0 Å². The fourth-order valence-electron chi connectivity index (χ4n) is 3.60. The van der Waals surface area contributed by atoms with Gasteiger partial charge >= 0.3 is 0 Å². The summed E-state index contributed by atoms with van der Waals surface area (Å²) in [6, 6.07) is 19.6. The Bertz CT molecular complexity index is 887. The van der Waals surface area contributed by atoms with Gasteiger partial charge in [-0.25, -0.2) is 0 Å². The summed E-state index contributed by atoms with van der Waals surface area (Å²) < 4.78 is 7.63. The van der Waals surface area contributed by atoms with Crippen LogP contribution in [-0.4, -0.2) is 45.3 Å². The molecule has 0 bridgehead atoms. The highest BCUT2D eigenvalue weighted by Gasteiger charge is 2.24. The number of amides is 1. The number of aromatic nitrogens is 3. The van der Waals surface area contributed by atoms with Crippen LogP contribution in [-0.2, 0) is 11.2 Å². The molecule has 1 aromatic heterocycles. The number of benzene rings is 2. The lowest BCUT2D eigenvalue weighted by atomic mass is 9.93. The van der Waals surface area contributed by atoms with E-state index in [0.717, 1.165) is 49.6 Å². The van der Waals surface area contributed by atoms with Gasteiger partial charge in [0, 0.05) is 25.2 Å². The molecule has 0 radical (unpaired) electrons. The van der Waals surface area contributed by atoms with Gasteiger partial charge in [-0.3, -0.25) is 9.36 Å². The summed E-state index contributed by atoms with van der Waals surface area (Å²) in [4.78, 5) is 14.3. The Balaban J connectivity index is 1.28. The van der Waals surface area contributed by atoms with Crippen molar-refractivity contribution < 1.29 is 9.53 Å². The standard InChI is InChI=1S/C22H24N4O2/c27-22(16-28-20-9-5-2-6-10-20)25-13-11-18(12-14-25)15-21-24-23-17-26(21)19-7-3-1-4-8-19/h1-10,17-18H,11-16H2. The predicted molar refractivity (Wildman–Crippen MR) is 106 cm³/mol. The number of piperidine rings is 1. The number of hydrogen-bond donors (Lipinski definition) is 0. The zero-order valence-corrected chi connectivity index (χ0v) is 15.8. The van der Waals surface area contributed by atoms with Gasteiger partial charge < -0.3 is 9.64 Å². The summed E-state index contributed by atoms with van der Waals surface area (Å²) in [5.74, 6) is 2.26. The van der Waals surface area contributed by atoms with Gasteiger partial charge in [-0.15, -0.1) is 10.2 Å². The molecule has 0 saturated carbocycles. The number of ether oxygens (including phenoxy) is 1. The maximum atomic E-state index is 12.4. The van der Waals surface area contributed by atoms with E-state index in [1.54, 1.807) is 6.33 Å². The van der Waals surface area contributed by atoms with Crippen molar-refractivity contribution in [2.24, 2.45) is 5.92 Å². The van der Waals surface area contributed by atoms with E-state index in [-0.39, 0.29) is 12.5 Å². The highest BCUT2D eigenvalue weighted by Crippen LogP contribution is 2.22. The van der Waals surface area contributed by atoms with Crippen molar-refractivity contribution in [1.29, 1.82) is 0 Å². The second-order valence-corrected chi connectivity index (χ2v) is 7.08. The maximum absolute atomic E-state index is 12.4. The van der Waals surface area contributed by atoms with Crippen LogP contribution in [0.1, 0.15) is 18.7 Å². The fourth-order valence-corrected chi connectivity index (χ4v) is 3.60. The van der Waals surface area contributed by atoms with Gasteiger partial charge in [0.05, 0.1) is 0 Å². The van der Waals surface area contributed by atoms with Crippen molar-refractivity contribution in [3.63, 3.8) is 0 Å². The molecule has 1 saturated heterocycles. The third-order valence-corrected chi connectivity index (χ3v) is 5.20. The van der Waals surface area contributed by atoms with Crippen LogP contribution < -0.4 is 4.74 Å². The molecule has 6 nitrogen and oxygen atoms in total. The topological polar surface area (TPSA) is 60.2 Å². The maximum Gasteiger partial charge on any atom is 0.260 e. The SMILES string of the molecule is O=C(COc1ccccc1)N1CCC(Cc2nncn2-c2ccccc2)CC1. The van der Waals surface area contributed by atoms with Gasteiger partial charge in [0.15, 0.2) is 6.61 Å². The second-order valence-electron chi connectivity index (χ2n) is 7.08. The molecule has 0 aliphatic carbocycles. The van der Waals surface area contributed by atoms with Gasteiger partial charge in [0.25, 0.3) is 5.91 Å². The van der Waals surface area contributed by atoms with E-state index in [2.05, 4.69) is 22.3 Å². The van der Waals surface area contributed by atoms with Crippen LogP contribution in [0.5, 0.6) is 5.75 Å². The van der Waals surface area contributed by atoms with E-state index in [1.165, 1.54) is 0 Å². The smallest absolute Gasteiger partial charge is 0.260 e. The fraction of sp³-hybridized carbons (Fsp3) is 0.318. The molecular weight excluding hydrogens is 352 g/mol. The Hall–Kier alpha value is -3.15. The molecule has 0 unspecified atom stereocenters. The Labute approximate surface area is 164 Å². The number of nitrogens with zero attached hydrogens (tertiary/aromatic N) is 4. The quantitative estimate of drug-likeness (QED) is 0.663. The lowest BCUT2D eigenvalue weighted by Crippen LogP contribution is -2.41. The van der Waals surface area contributed by atoms with Crippen LogP contribution in [0.2, 0.25) is 0 Å². The summed E-state index contributed by atoms with van der Waals surface area (Å²) in [6.07, 6.45) is 4.58. The largest absolute Gasteiger partial charge is 0.484 e. The number of carbonyl (C=O) groups is 1. The third-order valence-electron chi connectivity index (χ3n) is 5.20. The molecule has 2 heterocycles. The molecule has 0 spiro atoms. The molecule has 2 aromatic carbocycles. The lowest BCUT2D eigenvalue weighted by molar-refractivity contribution is -0.134. The first-order valence-electron chi connectivity index (χ1n) is 9.69. The number of carbonyl (C=O) groups excluding carboxylic acids is 1. The van der Waals surface area contributed by atoms with Crippen molar-refractivity contribution in [3.8, 4) is 11.4 Å². The zero-order chi connectivity index (χ0) is 19.2. The zero-order valence-electron chi connectivity index (χ0n) is 15.8. The van der Waals surface area contributed by atoms with Gasteiger partial charge in [-0.05, 0) is 43.0 Å². The molecule has 6 heteroatoms. The lowest BCUT2D eigenvalue weighted by Gasteiger charge is -2.31.